The number of rotatable bonds is 4. The van der Waals surface area contributed by atoms with Gasteiger partial charge < -0.3 is 16.8 Å². The van der Waals surface area contributed by atoms with Crippen LogP contribution in [0.3, 0.4) is 0 Å². The minimum atomic E-state index is -0.00805. The predicted octanol–water partition coefficient (Wildman–Crippen LogP) is 1.70. The van der Waals surface area contributed by atoms with E-state index in [1.807, 2.05) is 31.2 Å². The van der Waals surface area contributed by atoms with Crippen LogP contribution in [0, 0.1) is 6.92 Å². The highest BCUT2D eigenvalue weighted by Gasteiger charge is 1.99. The smallest absolute Gasteiger partial charge is 0.216 e. The molecule has 0 aliphatic heterocycles. The van der Waals surface area contributed by atoms with Gasteiger partial charge in [-0.15, -0.1) is 0 Å². The third-order valence-corrected chi connectivity index (χ3v) is 2.45. The average Bonchev–Trinajstić information content (AvgIpc) is 2.24. The van der Waals surface area contributed by atoms with E-state index in [0.29, 0.717) is 17.9 Å². The Bertz CT molecular complexity index is 439. The van der Waals surface area contributed by atoms with Crippen LogP contribution in [0.4, 0.5) is 11.4 Å². The Labute approximate surface area is 102 Å². The molecule has 92 valence electrons. The molecule has 0 radical (unpaired) electrons. The molecule has 0 spiro atoms. The molecule has 0 fully saturated rings. The summed E-state index contributed by atoms with van der Waals surface area (Å²) in [4.78, 5) is 10.6. The molecule has 1 rings (SSSR count). The number of anilines is 2. The Balaban J connectivity index is 2.59. The lowest BCUT2D eigenvalue weighted by atomic mass is 10.1. The molecular weight excluding hydrogens is 214 g/mol. The van der Waals surface area contributed by atoms with Crippen LogP contribution in [0.5, 0.6) is 0 Å². The topological polar surface area (TPSA) is 81.1 Å². The van der Waals surface area contributed by atoms with E-state index in [1.165, 1.54) is 6.92 Å². The fraction of sp³-hybridized carbons (Fsp3) is 0.308. The largest absolute Gasteiger partial charge is 0.397 e. The number of hydrogen-bond acceptors (Lipinski definition) is 3. The number of amides is 1. The second kappa shape index (κ2) is 5.94. The van der Waals surface area contributed by atoms with Crippen molar-refractivity contribution in [3.05, 3.63) is 29.3 Å². The van der Waals surface area contributed by atoms with E-state index in [-0.39, 0.29) is 5.91 Å². The molecule has 0 aliphatic carbocycles. The third-order valence-electron chi connectivity index (χ3n) is 2.45. The summed E-state index contributed by atoms with van der Waals surface area (Å²) in [5.74, 6) is -0.00805. The molecule has 0 saturated carbocycles. The third kappa shape index (κ3) is 4.18. The number of nitrogens with two attached hydrogens (primary N) is 2. The summed E-state index contributed by atoms with van der Waals surface area (Å²) in [5, 5.41) is 2.73. The molecule has 0 aliphatic rings. The molecule has 0 heterocycles. The molecule has 1 amide bonds. The van der Waals surface area contributed by atoms with Crippen LogP contribution in [0.25, 0.3) is 6.08 Å². The fourth-order valence-corrected chi connectivity index (χ4v) is 1.49. The van der Waals surface area contributed by atoms with Gasteiger partial charge in [-0.05, 0) is 36.6 Å². The second-order valence-corrected chi connectivity index (χ2v) is 4.01. The first-order valence-corrected chi connectivity index (χ1v) is 5.57. The molecule has 0 unspecified atom stereocenters. The zero-order valence-electron chi connectivity index (χ0n) is 10.3. The summed E-state index contributed by atoms with van der Waals surface area (Å²) < 4.78 is 0. The van der Waals surface area contributed by atoms with Crippen LogP contribution in [0.2, 0.25) is 0 Å². The van der Waals surface area contributed by atoms with Gasteiger partial charge in [0.15, 0.2) is 0 Å². The quantitative estimate of drug-likeness (QED) is 0.547. The lowest BCUT2D eigenvalue weighted by Gasteiger charge is -2.05. The summed E-state index contributed by atoms with van der Waals surface area (Å²) in [6.45, 7) is 4.15. The van der Waals surface area contributed by atoms with E-state index in [9.17, 15) is 4.79 Å². The van der Waals surface area contributed by atoms with Crippen molar-refractivity contribution >= 4 is 23.4 Å². The summed E-state index contributed by atoms with van der Waals surface area (Å²) in [6.07, 6.45) is 4.80. The van der Waals surface area contributed by atoms with Crippen molar-refractivity contribution in [2.45, 2.75) is 20.3 Å². The number of benzene rings is 1. The molecule has 17 heavy (non-hydrogen) atoms. The maximum absolute atomic E-state index is 10.6. The molecule has 1 aromatic carbocycles. The maximum Gasteiger partial charge on any atom is 0.216 e. The highest BCUT2D eigenvalue weighted by atomic mass is 16.1. The highest BCUT2D eigenvalue weighted by molar-refractivity contribution is 5.73. The van der Waals surface area contributed by atoms with Gasteiger partial charge >= 0.3 is 0 Å². The first-order chi connectivity index (χ1) is 8.00. The van der Waals surface area contributed by atoms with Crippen LogP contribution in [-0.2, 0) is 4.79 Å². The van der Waals surface area contributed by atoms with Crippen molar-refractivity contribution in [3.63, 3.8) is 0 Å². The Hall–Kier alpha value is -1.97. The molecule has 0 saturated heterocycles. The normalized spacial score (nSPS) is 10.7. The number of hydrogen-bond donors (Lipinski definition) is 3. The van der Waals surface area contributed by atoms with Gasteiger partial charge in [-0.3, -0.25) is 4.79 Å². The van der Waals surface area contributed by atoms with Crippen molar-refractivity contribution in [1.82, 2.24) is 5.32 Å². The zero-order chi connectivity index (χ0) is 12.8. The first-order valence-electron chi connectivity index (χ1n) is 5.57. The Kier molecular flexibility index (Phi) is 4.57. The van der Waals surface area contributed by atoms with Gasteiger partial charge in [-0.25, -0.2) is 0 Å². The molecule has 4 heteroatoms. The Morgan fingerprint density at radius 3 is 2.65 bits per heavy atom. The molecule has 0 atom stereocenters. The van der Waals surface area contributed by atoms with Gasteiger partial charge in [0.2, 0.25) is 5.91 Å². The molecule has 0 aromatic heterocycles. The van der Waals surface area contributed by atoms with E-state index >= 15 is 0 Å². The lowest BCUT2D eigenvalue weighted by molar-refractivity contribution is -0.118. The van der Waals surface area contributed by atoms with Crippen molar-refractivity contribution in [1.29, 1.82) is 0 Å². The van der Waals surface area contributed by atoms with E-state index < -0.39 is 0 Å². The Morgan fingerprint density at radius 1 is 1.35 bits per heavy atom. The Morgan fingerprint density at radius 2 is 2.00 bits per heavy atom. The van der Waals surface area contributed by atoms with Crippen molar-refractivity contribution in [3.8, 4) is 0 Å². The van der Waals surface area contributed by atoms with Crippen LogP contribution >= 0.6 is 0 Å². The van der Waals surface area contributed by atoms with Crippen LogP contribution in [-0.4, -0.2) is 12.5 Å². The monoisotopic (exact) mass is 233 g/mol. The minimum Gasteiger partial charge on any atom is -0.397 e. The number of carbonyl (C=O) groups excluding carboxylic acids is 1. The summed E-state index contributed by atoms with van der Waals surface area (Å²) in [6, 6.07) is 3.72. The fourth-order valence-electron chi connectivity index (χ4n) is 1.49. The van der Waals surface area contributed by atoms with Gasteiger partial charge in [0.1, 0.15) is 0 Å². The average molecular weight is 233 g/mol. The zero-order valence-corrected chi connectivity index (χ0v) is 10.3. The number of aryl methyl sites for hydroxylation is 1. The molecule has 0 bridgehead atoms. The van der Waals surface area contributed by atoms with Crippen LogP contribution in [0.15, 0.2) is 18.2 Å². The standard InChI is InChI=1S/C13H19N3O/c1-9-7-12(14)13(15)8-11(9)5-3-4-6-16-10(2)17/h3,5,7-8H,4,6,14-15H2,1-2H3,(H,16,17). The van der Waals surface area contributed by atoms with E-state index in [2.05, 4.69) is 5.32 Å². The predicted molar refractivity (Wildman–Crippen MR) is 72.3 cm³/mol. The molecule has 1 aromatic rings. The van der Waals surface area contributed by atoms with Gasteiger partial charge in [0, 0.05) is 13.5 Å². The maximum atomic E-state index is 10.6. The van der Waals surface area contributed by atoms with Crippen LogP contribution in [0.1, 0.15) is 24.5 Å². The van der Waals surface area contributed by atoms with Gasteiger partial charge in [-0.2, -0.15) is 0 Å². The van der Waals surface area contributed by atoms with Crippen molar-refractivity contribution in [2.24, 2.45) is 0 Å². The number of nitrogens with one attached hydrogen (secondary N) is 1. The van der Waals surface area contributed by atoms with Gasteiger partial charge in [-0.1, -0.05) is 12.2 Å². The second-order valence-electron chi connectivity index (χ2n) is 4.01. The molecule has 4 nitrogen and oxygen atoms in total. The number of nitrogen functional groups attached to an aromatic ring is 2. The lowest BCUT2D eigenvalue weighted by Crippen LogP contribution is -2.20. The first kappa shape index (κ1) is 13.1. The van der Waals surface area contributed by atoms with Crippen molar-refractivity contribution in [2.75, 3.05) is 18.0 Å². The van der Waals surface area contributed by atoms with Crippen LogP contribution < -0.4 is 16.8 Å². The summed E-state index contributed by atoms with van der Waals surface area (Å²) in [5.41, 5.74) is 14.8. The van der Waals surface area contributed by atoms with Crippen molar-refractivity contribution < 1.29 is 4.79 Å². The molecular formula is C13H19N3O. The summed E-state index contributed by atoms with van der Waals surface area (Å²) in [7, 11) is 0. The minimum absolute atomic E-state index is 0.00805. The van der Waals surface area contributed by atoms with Gasteiger partial charge in [0.25, 0.3) is 0 Å². The number of carbonyl (C=O) groups is 1. The van der Waals surface area contributed by atoms with E-state index in [0.717, 1.165) is 17.5 Å². The van der Waals surface area contributed by atoms with Gasteiger partial charge in [0.05, 0.1) is 11.4 Å². The molecule has 5 N–H and O–H groups in total. The summed E-state index contributed by atoms with van der Waals surface area (Å²) >= 11 is 0. The highest BCUT2D eigenvalue weighted by Crippen LogP contribution is 2.21. The van der Waals surface area contributed by atoms with E-state index in [4.69, 9.17) is 11.5 Å². The SMILES string of the molecule is CC(=O)NCCC=Cc1cc(N)c(N)cc1C. The van der Waals surface area contributed by atoms with E-state index in [1.54, 1.807) is 0 Å².